The van der Waals surface area contributed by atoms with E-state index in [9.17, 15) is 19.5 Å². The molecule has 4 N–H and O–H groups in total. The molecule has 4 rings (SSSR count). The number of para-hydroxylation sites is 1. The van der Waals surface area contributed by atoms with E-state index in [2.05, 4.69) is 5.32 Å². The summed E-state index contributed by atoms with van der Waals surface area (Å²) in [6.07, 6.45) is 0.0973. The van der Waals surface area contributed by atoms with Crippen LogP contribution in [-0.2, 0) is 22.4 Å². The third-order valence-corrected chi connectivity index (χ3v) is 6.90. The Balaban J connectivity index is 1.33. The SMILES string of the molecule is Cc1cc(C[C@@H](OC(=O)N2CCC(N3CCc4ccccc4NC3=O)CC2)C(=O)O)cc(C)c1N. The monoisotopic (exact) mass is 480 g/mol. The summed E-state index contributed by atoms with van der Waals surface area (Å²) in [6.45, 7) is 5.13. The second-order valence-electron chi connectivity index (χ2n) is 9.31. The van der Waals surface area contributed by atoms with E-state index in [0.29, 0.717) is 38.2 Å². The Morgan fingerprint density at radius 1 is 1.14 bits per heavy atom. The molecule has 1 saturated heterocycles. The van der Waals surface area contributed by atoms with Crippen molar-refractivity contribution in [2.24, 2.45) is 0 Å². The van der Waals surface area contributed by atoms with Gasteiger partial charge in [-0.1, -0.05) is 30.3 Å². The minimum absolute atomic E-state index is 0.00404. The Kier molecular flexibility index (Phi) is 7.14. The van der Waals surface area contributed by atoms with E-state index >= 15 is 0 Å². The lowest BCUT2D eigenvalue weighted by Crippen LogP contribution is -2.50. The highest BCUT2D eigenvalue weighted by Gasteiger charge is 2.33. The number of piperidine rings is 1. The van der Waals surface area contributed by atoms with E-state index in [1.807, 2.05) is 55.1 Å². The summed E-state index contributed by atoms with van der Waals surface area (Å²) >= 11 is 0. The van der Waals surface area contributed by atoms with Crippen molar-refractivity contribution in [3.05, 3.63) is 58.7 Å². The average Bonchev–Trinajstić information content (AvgIpc) is 3.00. The molecule has 1 fully saturated rings. The fourth-order valence-electron chi connectivity index (χ4n) is 4.87. The van der Waals surface area contributed by atoms with Gasteiger partial charge in [0.25, 0.3) is 0 Å². The second-order valence-corrected chi connectivity index (χ2v) is 9.31. The summed E-state index contributed by atoms with van der Waals surface area (Å²) in [6, 6.07) is 11.3. The number of hydrogen-bond donors (Lipinski definition) is 3. The number of anilines is 2. The summed E-state index contributed by atoms with van der Waals surface area (Å²) in [5.41, 5.74) is 11.1. The maximum absolute atomic E-state index is 12.8. The van der Waals surface area contributed by atoms with Crippen LogP contribution in [0, 0.1) is 13.8 Å². The molecule has 2 aromatic rings. The molecule has 186 valence electrons. The summed E-state index contributed by atoms with van der Waals surface area (Å²) in [4.78, 5) is 40.7. The third-order valence-electron chi connectivity index (χ3n) is 6.90. The van der Waals surface area contributed by atoms with Gasteiger partial charge in [0, 0.05) is 43.5 Å². The van der Waals surface area contributed by atoms with Crippen molar-refractivity contribution >= 4 is 29.5 Å². The maximum atomic E-state index is 12.8. The van der Waals surface area contributed by atoms with Crippen molar-refractivity contribution in [1.82, 2.24) is 9.80 Å². The molecule has 0 saturated carbocycles. The number of fused-ring (bicyclic) bond motifs is 1. The maximum Gasteiger partial charge on any atom is 0.410 e. The summed E-state index contributed by atoms with van der Waals surface area (Å²) in [5, 5.41) is 12.6. The molecule has 0 bridgehead atoms. The molecule has 0 radical (unpaired) electrons. The average molecular weight is 481 g/mol. The second kappa shape index (κ2) is 10.2. The highest BCUT2D eigenvalue weighted by atomic mass is 16.6. The zero-order valence-electron chi connectivity index (χ0n) is 20.1. The van der Waals surface area contributed by atoms with Gasteiger partial charge in [0.05, 0.1) is 0 Å². The number of nitrogen functional groups attached to an aromatic ring is 1. The van der Waals surface area contributed by atoms with Crippen molar-refractivity contribution in [3.63, 3.8) is 0 Å². The number of carbonyl (C=O) groups is 3. The zero-order chi connectivity index (χ0) is 25.1. The molecule has 9 heteroatoms. The van der Waals surface area contributed by atoms with Gasteiger partial charge in [0.1, 0.15) is 0 Å². The quantitative estimate of drug-likeness (QED) is 0.562. The van der Waals surface area contributed by atoms with Crippen LogP contribution in [0.3, 0.4) is 0 Å². The van der Waals surface area contributed by atoms with Crippen molar-refractivity contribution in [2.45, 2.75) is 51.7 Å². The number of hydrogen-bond acceptors (Lipinski definition) is 5. The first-order valence-corrected chi connectivity index (χ1v) is 11.9. The van der Waals surface area contributed by atoms with E-state index in [1.54, 1.807) is 0 Å². The van der Waals surface area contributed by atoms with E-state index < -0.39 is 18.2 Å². The van der Waals surface area contributed by atoms with Gasteiger partial charge in [-0.3, -0.25) is 0 Å². The molecule has 0 spiro atoms. The molecule has 0 aromatic heterocycles. The van der Waals surface area contributed by atoms with E-state index in [1.165, 1.54) is 4.90 Å². The molecule has 3 amide bonds. The van der Waals surface area contributed by atoms with Crippen molar-refractivity contribution in [1.29, 1.82) is 0 Å². The van der Waals surface area contributed by atoms with Crippen LogP contribution in [0.15, 0.2) is 36.4 Å². The van der Waals surface area contributed by atoms with E-state index in [4.69, 9.17) is 10.5 Å². The molecule has 2 aliphatic heterocycles. The first kappa shape index (κ1) is 24.4. The fraction of sp³-hybridized carbons (Fsp3) is 0.423. The van der Waals surface area contributed by atoms with Gasteiger partial charge < -0.3 is 30.7 Å². The number of aliphatic carboxylic acids is 1. The number of nitrogens with zero attached hydrogens (tertiary/aromatic N) is 2. The highest BCUT2D eigenvalue weighted by molar-refractivity contribution is 5.91. The van der Waals surface area contributed by atoms with Crippen LogP contribution in [-0.4, -0.2) is 64.8 Å². The van der Waals surface area contributed by atoms with Crippen molar-refractivity contribution in [2.75, 3.05) is 30.7 Å². The van der Waals surface area contributed by atoms with Crippen LogP contribution in [0.2, 0.25) is 0 Å². The predicted molar refractivity (Wildman–Crippen MR) is 132 cm³/mol. The van der Waals surface area contributed by atoms with Crippen molar-refractivity contribution in [3.8, 4) is 0 Å². The van der Waals surface area contributed by atoms with Crippen LogP contribution in [0.25, 0.3) is 0 Å². The number of carboxylic acid groups (broad SMARTS) is 1. The topological polar surface area (TPSA) is 125 Å². The summed E-state index contributed by atoms with van der Waals surface area (Å²) in [5.74, 6) is -1.19. The molecule has 2 aromatic carbocycles. The molecular formula is C26H32N4O5. The number of aryl methyl sites for hydroxylation is 2. The van der Waals surface area contributed by atoms with Gasteiger partial charge in [-0.25, -0.2) is 14.4 Å². The Hall–Kier alpha value is -3.75. The van der Waals surface area contributed by atoms with Crippen LogP contribution in [0.1, 0.15) is 35.1 Å². The smallest absolute Gasteiger partial charge is 0.410 e. The number of likely N-dealkylation sites (tertiary alicyclic amines) is 1. The van der Waals surface area contributed by atoms with Crippen LogP contribution < -0.4 is 11.1 Å². The normalized spacial score (nSPS) is 17.3. The van der Waals surface area contributed by atoms with Gasteiger partial charge in [0.2, 0.25) is 6.10 Å². The summed E-state index contributed by atoms with van der Waals surface area (Å²) in [7, 11) is 0. The van der Waals surface area contributed by atoms with Crippen LogP contribution >= 0.6 is 0 Å². The molecule has 2 heterocycles. The zero-order valence-corrected chi connectivity index (χ0v) is 20.1. The largest absolute Gasteiger partial charge is 0.478 e. The number of ether oxygens (including phenoxy) is 1. The van der Waals surface area contributed by atoms with E-state index in [-0.39, 0.29) is 18.5 Å². The van der Waals surface area contributed by atoms with Gasteiger partial charge in [0.15, 0.2) is 0 Å². The lowest BCUT2D eigenvalue weighted by atomic mass is 10.0. The Morgan fingerprint density at radius 2 is 1.80 bits per heavy atom. The van der Waals surface area contributed by atoms with Gasteiger partial charge in [-0.05, 0) is 61.4 Å². The third kappa shape index (κ3) is 5.50. The highest BCUT2D eigenvalue weighted by Crippen LogP contribution is 2.25. The molecule has 9 nitrogen and oxygen atoms in total. The van der Waals surface area contributed by atoms with Gasteiger partial charge >= 0.3 is 18.1 Å². The molecule has 0 aliphatic carbocycles. The number of rotatable bonds is 5. The van der Waals surface area contributed by atoms with Gasteiger partial charge in [-0.15, -0.1) is 0 Å². The fourth-order valence-corrected chi connectivity index (χ4v) is 4.87. The lowest BCUT2D eigenvalue weighted by molar-refractivity contribution is -0.147. The van der Waals surface area contributed by atoms with Crippen LogP contribution in [0.4, 0.5) is 21.0 Å². The Labute approximate surface area is 204 Å². The number of carboxylic acids is 1. The molecule has 0 unspecified atom stereocenters. The number of carbonyl (C=O) groups excluding carboxylic acids is 2. The number of nitrogens with one attached hydrogen (secondary N) is 1. The van der Waals surface area contributed by atoms with Crippen molar-refractivity contribution < 1.29 is 24.2 Å². The molecule has 1 atom stereocenters. The number of nitrogens with two attached hydrogens (primary N) is 1. The standard InChI is InChI=1S/C26H32N4O5/c1-16-13-18(14-17(2)23(16)27)15-22(24(31)32)35-26(34)29-10-8-20(9-11-29)30-12-7-19-5-3-4-6-21(19)28-25(30)33/h3-6,13-14,20,22H,7-12,15,27H2,1-2H3,(H,28,33)(H,31,32)/t22-/m1/s1. The minimum Gasteiger partial charge on any atom is -0.478 e. The number of urea groups is 1. The molecular weight excluding hydrogens is 448 g/mol. The first-order chi connectivity index (χ1) is 16.7. The predicted octanol–water partition coefficient (Wildman–Crippen LogP) is 3.57. The number of benzene rings is 2. The van der Waals surface area contributed by atoms with Crippen LogP contribution in [0.5, 0.6) is 0 Å². The van der Waals surface area contributed by atoms with E-state index in [0.717, 1.165) is 34.4 Å². The molecule has 2 aliphatic rings. The Bertz CT molecular complexity index is 1100. The summed E-state index contributed by atoms with van der Waals surface area (Å²) < 4.78 is 5.39. The number of amides is 3. The Morgan fingerprint density at radius 3 is 2.46 bits per heavy atom. The lowest BCUT2D eigenvalue weighted by Gasteiger charge is -2.37. The minimum atomic E-state index is -1.29. The first-order valence-electron chi connectivity index (χ1n) is 11.9. The van der Waals surface area contributed by atoms with Gasteiger partial charge in [-0.2, -0.15) is 0 Å². The molecule has 35 heavy (non-hydrogen) atoms.